The van der Waals surface area contributed by atoms with Gasteiger partial charge in [-0.05, 0) is 24.0 Å². The number of nitrogens with one attached hydrogen (secondary N) is 1. The molecule has 0 unspecified atom stereocenters. The molecule has 2 aromatic rings. The van der Waals surface area contributed by atoms with Gasteiger partial charge < -0.3 is 9.88 Å². The maximum Gasteiger partial charge on any atom is 0.207 e. The Morgan fingerprint density at radius 2 is 2.06 bits per heavy atom. The Balaban J connectivity index is 2.25. The molecule has 0 saturated heterocycles. The van der Waals surface area contributed by atoms with Crippen molar-refractivity contribution in [1.82, 2.24) is 9.55 Å². The highest BCUT2D eigenvalue weighted by Crippen LogP contribution is 2.26. The average molecular weight is 243 g/mol. The number of aromatic nitrogens is 2. The summed E-state index contributed by atoms with van der Waals surface area (Å²) in [5, 5.41) is 3.44. The Morgan fingerprint density at radius 1 is 1.28 bits per heavy atom. The molecule has 1 N–H and O–H groups in total. The highest BCUT2D eigenvalue weighted by molar-refractivity contribution is 5.59. The van der Waals surface area contributed by atoms with E-state index in [1.165, 1.54) is 5.56 Å². The number of aryl methyl sites for hydroxylation is 1. The molecule has 0 atom stereocenters. The van der Waals surface area contributed by atoms with Crippen LogP contribution >= 0.6 is 0 Å². The number of rotatable bonds is 5. The summed E-state index contributed by atoms with van der Waals surface area (Å²) in [4.78, 5) is 4.38. The van der Waals surface area contributed by atoms with E-state index in [9.17, 15) is 0 Å². The van der Waals surface area contributed by atoms with Crippen LogP contribution < -0.4 is 5.32 Å². The third kappa shape index (κ3) is 2.73. The maximum absolute atomic E-state index is 4.38. The zero-order valence-corrected chi connectivity index (χ0v) is 11.4. The minimum atomic E-state index is 0.503. The van der Waals surface area contributed by atoms with Crippen LogP contribution in [0.5, 0.6) is 0 Å². The van der Waals surface area contributed by atoms with Crippen molar-refractivity contribution in [3.63, 3.8) is 0 Å². The highest BCUT2D eigenvalue weighted by Gasteiger charge is 2.08. The van der Waals surface area contributed by atoms with Gasteiger partial charge in [0.1, 0.15) is 0 Å². The molecule has 0 radical (unpaired) electrons. The molecule has 2 rings (SSSR count). The van der Waals surface area contributed by atoms with Gasteiger partial charge in [0.25, 0.3) is 0 Å². The number of hydrogen-bond acceptors (Lipinski definition) is 2. The second-order valence-electron chi connectivity index (χ2n) is 4.81. The molecule has 18 heavy (non-hydrogen) atoms. The lowest BCUT2D eigenvalue weighted by Gasteiger charge is -2.15. The van der Waals surface area contributed by atoms with Crippen molar-refractivity contribution >= 4 is 11.6 Å². The van der Waals surface area contributed by atoms with Gasteiger partial charge in [-0.3, -0.25) is 0 Å². The SMILES string of the molecule is CCCn1ccnc1Nc1ccccc1C(C)C. The molecule has 0 saturated carbocycles. The van der Waals surface area contributed by atoms with Crippen molar-refractivity contribution in [3.8, 4) is 0 Å². The lowest BCUT2D eigenvalue weighted by atomic mass is 10.0. The predicted molar refractivity (Wildman–Crippen MR) is 76.3 cm³/mol. The molecule has 1 heterocycles. The third-order valence-electron chi connectivity index (χ3n) is 3.01. The zero-order chi connectivity index (χ0) is 13.0. The van der Waals surface area contributed by atoms with E-state index >= 15 is 0 Å². The molecule has 0 bridgehead atoms. The Kier molecular flexibility index (Phi) is 4.03. The van der Waals surface area contributed by atoms with E-state index in [1.807, 2.05) is 12.4 Å². The molecule has 0 aliphatic rings. The molecule has 0 aliphatic carbocycles. The van der Waals surface area contributed by atoms with Crippen molar-refractivity contribution < 1.29 is 0 Å². The van der Waals surface area contributed by atoms with E-state index in [-0.39, 0.29) is 0 Å². The van der Waals surface area contributed by atoms with Crippen LogP contribution in [0.3, 0.4) is 0 Å². The van der Waals surface area contributed by atoms with Gasteiger partial charge >= 0.3 is 0 Å². The van der Waals surface area contributed by atoms with Crippen LogP contribution in [-0.2, 0) is 6.54 Å². The van der Waals surface area contributed by atoms with E-state index < -0.39 is 0 Å². The Morgan fingerprint density at radius 3 is 2.78 bits per heavy atom. The van der Waals surface area contributed by atoms with Gasteiger partial charge in [-0.25, -0.2) is 4.98 Å². The van der Waals surface area contributed by atoms with Gasteiger partial charge in [0.15, 0.2) is 0 Å². The molecule has 0 spiro atoms. The molecule has 96 valence electrons. The summed E-state index contributed by atoms with van der Waals surface area (Å²) in [5.41, 5.74) is 2.47. The minimum absolute atomic E-state index is 0.503. The first-order valence-electron chi connectivity index (χ1n) is 6.59. The first kappa shape index (κ1) is 12.7. The number of hydrogen-bond donors (Lipinski definition) is 1. The van der Waals surface area contributed by atoms with Gasteiger partial charge in [-0.2, -0.15) is 0 Å². The van der Waals surface area contributed by atoms with Gasteiger partial charge in [0.05, 0.1) is 0 Å². The molecule has 0 aliphatic heterocycles. The summed E-state index contributed by atoms with van der Waals surface area (Å²) < 4.78 is 2.15. The normalized spacial score (nSPS) is 10.9. The standard InChI is InChI=1S/C15H21N3/c1-4-10-18-11-9-16-15(18)17-14-8-6-5-7-13(14)12(2)3/h5-9,11-12H,4,10H2,1-3H3,(H,16,17). The van der Waals surface area contributed by atoms with Crippen LogP contribution in [0.25, 0.3) is 0 Å². The predicted octanol–water partition coefficient (Wildman–Crippen LogP) is 4.16. The summed E-state index contributed by atoms with van der Waals surface area (Å²) >= 11 is 0. The van der Waals surface area contributed by atoms with Crippen LogP contribution in [0.1, 0.15) is 38.7 Å². The Labute approximate surface area is 109 Å². The zero-order valence-electron chi connectivity index (χ0n) is 11.4. The van der Waals surface area contributed by atoms with E-state index in [0.29, 0.717) is 5.92 Å². The number of anilines is 2. The number of imidazole rings is 1. The molecule has 0 fully saturated rings. The first-order chi connectivity index (χ1) is 8.72. The molecule has 3 nitrogen and oxygen atoms in total. The second-order valence-corrected chi connectivity index (χ2v) is 4.81. The topological polar surface area (TPSA) is 29.9 Å². The van der Waals surface area contributed by atoms with Gasteiger partial charge in [-0.15, -0.1) is 0 Å². The van der Waals surface area contributed by atoms with Crippen molar-refractivity contribution in [1.29, 1.82) is 0 Å². The highest BCUT2D eigenvalue weighted by atomic mass is 15.2. The molecular formula is C15H21N3. The molecule has 3 heteroatoms. The number of nitrogens with zero attached hydrogens (tertiary/aromatic N) is 2. The lowest BCUT2D eigenvalue weighted by molar-refractivity contribution is 0.686. The lowest BCUT2D eigenvalue weighted by Crippen LogP contribution is -2.05. The van der Waals surface area contributed by atoms with E-state index in [0.717, 1.165) is 24.6 Å². The van der Waals surface area contributed by atoms with Crippen LogP contribution in [0, 0.1) is 0 Å². The summed E-state index contributed by atoms with van der Waals surface area (Å²) in [5.74, 6) is 1.42. The largest absolute Gasteiger partial charge is 0.325 e. The summed E-state index contributed by atoms with van der Waals surface area (Å²) in [7, 11) is 0. The van der Waals surface area contributed by atoms with Gasteiger partial charge in [0.2, 0.25) is 5.95 Å². The fraction of sp³-hybridized carbons (Fsp3) is 0.400. The number of para-hydroxylation sites is 1. The van der Waals surface area contributed by atoms with Crippen molar-refractivity contribution in [2.75, 3.05) is 5.32 Å². The third-order valence-corrected chi connectivity index (χ3v) is 3.01. The Bertz CT molecular complexity index is 500. The van der Waals surface area contributed by atoms with Gasteiger partial charge in [0, 0.05) is 24.6 Å². The van der Waals surface area contributed by atoms with E-state index in [1.54, 1.807) is 0 Å². The molecule has 1 aromatic carbocycles. The van der Waals surface area contributed by atoms with E-state index in [2.05, 4.69) is 59.9 Å². The van der Waals surface area contributed by atoms with E-state index in [4.69, 9.17) is 0 Å². The fourth-order valence-electron chi connectivity index (χ4n) is 2.09. The first-order valence-corrected chi connectivity index (χ1v) is 6.59. The molecule has 0 amide bonds. The average Bonchev–Trinajstić information content (AvgIpc) is 2.78. The summed E-state index contributed by atoms with van der Waals surface area (Å²) in [6.07, 6.45) is 4.97. The van der Waals surface area contributed by atoms with Crippen LogP contribution in [0.15, 0.2) is 36.7 Å². The monoisotopic (exact) mass is 243 g/mol. The maximum atomic E-state index is 4.38. The summed E-state index contributed by atoms with van der Waals surface area (Å²) in [6.45, 7) is 7.58. The van der Waals surface area contributed by atoms with Crippen LogP contribution in [-0.4, -0.2) is 9.55 Å². The quantitative estimate of drug-likeness (QED) is 0.854. The van der Waals surface area contributed by atoms with Crippen molar-refractivity contribution in [2.24, 2.45) is 0 Å². The second kappa shape index (κ2) is 5.71. The minimum Gasteiger partial charge on any atom is -0.325 e. The van der Waals surface area contributed by atoms with Crippen molar-refractivity contribution in [3.05, 3.63) is 42.2 Å². The smallest absolute Gasteiger partial charge is 0.207 e. The van der Waals surface area contributed by atoms with Crippen LogP contribution in [0.4, 0.5) is 11.6 Å². The van der Waals surface area contributed by atoms with Crippen molar-refractivity contribution in [2.45, 2.75) is 39.7 Å². The summed E-state index contributed by atoms with van der Waals surface area (Å²) in [6, 6.07) is 8.42. The van der Waals surface area contributed by atoms with Crippen LogP contribution in [0.2, 0.25) is 0 Å². The number of benzene rings is 1. The molecular weight excluding hydrogens is 222 g/mol. The Hall–Kier alpha value is -1.77. The van der Waals surface area contributed by atoms with Gasteiger partial charge in [-0.1, -0.05) is 39.0 Å². The molecule has 1 aromatic heterocycles. The fourth-order valence-corrected chi connectivity index (χ4v) is 2.09.